The van der Waals surface area contributed by atoms with Crippen LogP contribution in [-0.4, -0.2) is 26.5 Å². The Hall–Kier alpha value is -4.59. The van der Waals surface area contributed by atoms with E-state index < -0.39 is 23.2 Å². The summed E-state index contributed by atoms with van der Waals surface area (Å²) in [6.45, 7) is 3.93. The topological polar surface area (TPSA) is 79.1 Å². The van der Waals surface area contributed by atoms with Gasteiger partial charge in [-0.2, -0.15) is 4.57 Å². The van der Waals surface area contributed by atoms with Crippen molar-refractivity contribution in [3.63, 3.8) is 0 Å². The second-order valence-corrected chi connectivity index (χ2v) is 9.03. The van der Waals surface area contributed by atoms with Crippen LogP contribution in [0.1, 0.15) is 35.7 Å². The van der Waals surface area contributed by atoms with Gasteiger partial charge >= 0.3 is 5.91 Å². The number of imide groups is 1. The van der Waals surface area contributed by atoms with Crippen molar-refractivity contribution in [1.29, 1.82) is 0 Å². The zero-order valence-electron chi connectivity index (χ0n) is 20.6. The zero-order chi connectivity index (χ0) is 26.1. The van der Waals surface area contributed by atoms with Crippen molar-refractivity contribution < 1.29 is 18.5 Å². The highest BCUT2D eigenvalue weighted by Gasteiger charge is 2.47. The average molecular weight is 498 g/mol. The summed E-state index contributed by atoms with van der Waals surface area (Å²) in [6.07, 6.45) is 4.64. The van der Waals surface area contributed by atoms with E-state index in [0.717, 1.165) is 11.1 Å². The van der Waals surface area contributed by atoms with Crippen molar-refractivity contribution in [2.24, 2.45) is 0 Å². The van der Waals surface area contributed by atoms with Crippen LogP contribution in [0, 0.1) is 12.7 Å². The summed E-state index contributed by atoms with van der Waals surface area (Å²) < 4.78 is 16.5. The number of aromatic nitrogens is 3. The summed E-state index contributed by atoms with van der Waals surface area (Å²) in [4.78, 5) is 42.7. The number of aryl methyl sites for hydroxylation is 2. The number of rotatable bonds is 7. The van der Waals surface area contributed by atoms with E-state index in [1.54, 1.807) is 23.0 Å². The maximum atomic E-state index is 13.9. The van der Waals surface area contributed by atoms with Crippen LogP contribution in [0.5, 0.6) is 0 Å². The molecular weight excluding hydrogens is 471 g/mol. The third-order valence-electron chi connectivity index (χ3n) is 6.33. The molecule has 0 spiro atoms. The highest BCUT2D eigenvalue weighted by molar-refractivity contribution is 6.44. The highest BCUT2D eigenvalue weighted by Crippen LogP contribution is 2.31. The minimum absolute atomic E-state index is 0.0575. The molecule has 7 nitrogen and oxygen atoms in total. The monoisotopic (exact) mass is 497 g/mol. The summed E-state index contributed by atoms with van der Waals surface area (Å²) >= 11 is 0. The van der Waals surface area contributed by atoms with Crippen LogP contribution in [0.4, 0.5) is 4.39 Å². The van der Waals surface area contributed by atoms with Crippen LogP contribution >= 0.6 is 0 Å². The number of carbonyl (C=O) groups is 2. The number of hydrogen-bond donors (Lipinski definition) is 1. The van der Waals surface area contributed by atoms with Crippen LogP contribution in [0.3, 0.4) is 0 Å². The molecule has 3 heterocycles. The third-order valence-corrected chi connectivity index (χ3v) is 6.33. The van der Waals surface area contributed by atoms with Crippen LogP contribution in [-0.2, 0) is 22.6 Å². The molecule has 8 heteroatoms. The molecule has 4 aromatic rings. The van der Waals surface area contributed by atoms with Gasteiger partial charge in [0.25, 0.3) is 17.2 Å². The maximum Gasteiger partial charge on any atom is 0.327 e. The van der Waals surface area contributed by atoms with Crippen molar-refractivity contribution >= 4 is 23.1 Å². The minimum atomic E-state index is -0.530. The molecule has 2 amide bonds. The van der Waals surface area contributed by atoms with Gasteiger partial charge in [-0.15, -0.1) is 0 Å². The fraction of sp³-hybridized carbons (Fsp3) is 0.172. The molecule has 0 radical (unpaired) electrons. The molecule has 0 unspecified atom stereocenters. The number of amides is 2. The van der Waals surface area contributed by atoms with Crippen LogP contribution in [0.15, 0.2) is 83.9 Å². The van der Waals surface area contributed by atoms with E-state index in [1.165, 1.54) is 33.8 Å². The Morgan fingerprint density at radius 3 is 2.32 bits per heavy atom. The first kappa shape index (κ1) is 24.1. The van der Waals surface area contributed by atoms with E-state index in [4.69, 9.17) is 0 Å². The van der Waals surface area contributed by atoms with E-state index in [-0.39, 0.29) is 23.4 Å². The third kappa shape index (κ3) is 4.42. The molecule has 1 aliphatic heterocycles. The maximum absolute atomic E-state index is 13.9. The first-order valence-electron chi connectivity index (χ1n) is 12.1. The number of H-pyrrole nitrogens is 1. The minimum Gasteiger partial charge on any atom is -0.294 e. The predicted octanol–water partition coefficient (Wildman–Crippen LogP) is 3.79. The number of nitrogens with zero attached hydrogens (tertiary/aromatic N) is 3. The fourth-order valence-electron chi connectivity index (χ4n) is 4.61. The molecule has 0 atom stereocenters. The Labute approximate surface area is 213 Å². The van der Waals surface area contributed by atoms with Crippen LogP contribution in [0.25, 0.3) is 17.0 Å². The summed E-state index contributed by atoms with van der Waals surface area (Å²) in [6, 6.07) is 18.4. The molecule has 2 aromatic heterocycles. The summed E-state index contributed by atoms with van der Waals surface area (Å²) in [5.41, 5.74) is 2.53. The zero-order valence-corrected chi connectivity index (χ0v) is 20.6. The lowest BCUT2D eigenvalue weighted by Crippen LogP contribution is -2.39. The Morgan fingerprint density at radius 1 is 0.919 bits per heavy atom. The number of hydrogen-bond acceptors (Lipinski definition) is 3. The van der Waals surface area contributed by atoms with Gasteiger partial charge in [0.2, 0.25) is 0 Å². The van der Waals surface area contributed by atoms with E-state index in [9.17, 15) is 18.8 Å². The van der Waals surface area contributed by atoms with Gasteiger partial charge in [-0.3, -0.25) is 24.4 Å². The van der Waals surface area contributed by atoms with E-state index in [2.05, 4.69) is 5.10 Å². The summed E-state index contributed by atoms with van der Waals surface area (Å²) in [5.74, 6) is -1.43. The molecule has 0 fully saturated rings. The van der Waals surface area contributed by atoms with E-state index in [0.29, 0.717) is 24.2 Å². The normalized spacial score (nSPS) is 13.6. The van der Waals surface area contributed by atoms with Crippen LogP contribution < -0.4 is 10.1 Å². The number of nitrogens with one attached hydrogen (secondary N) is 1. The molecule has 1 aliphatic rings. The Balaban J connectivity index is 1.73. The molecule has 0 aliphatic carbocycles. The Bertz CT molecular complexity index is 1580. The Morgan fingerprint density at radius 2 is 1.65 bits per heavy atom. The number of halogens is 1. The second kappa shape index (κ2) is 9.81. The molecule has 0 saturated carbocycles. The number of pyridine rings is 1. The largest absolute Gasteiger partial charge is 0.327 e. The van der Waals surface area contributed by atoms with Crippen molar-refractivity contribution in [2.45, 2.75) is 33.2 Å². The molecule has 0 saturated heterocycles. The Kier molecular flexibility index (Phi) is 6.40. The van der Waals surface area contributed by atoms with Gasteiger partial charge in [0.05, 0.1) is 17.8 Å². The van der Waals surface area contributed by atoms with Gasteiger partial charge in [0.1, 0.15) is 11.4 Å². The second-order valence-electron chi connectivity index (χ2n) is 9.03. The van der Waals surface area contributed by atoms with Crippen molar-refractivity contribution in [2.75, 3.05) is 0 Å². The summed E-state index contributed by atoms with van der Waals surface area (Å²) in [7, 11) is 0. The van der Waals surface area contributed by atoms with Gasteiger partial charge in [-0.05, 0) is 49.2 Å². The molecule has 37 heavy (non-hydrogen) atoms. The highest BCUT2D eigenvalue weighted by atomic mass is 19.1. The van der Waals surface area contributed by atoms with E-state index in [1.807, 2.05) is 50.2 Å². The van der Waals surface area contributed by atoms with Gasteiger partial charge < -0.3 is 0 Å². The van der Waals surface area contributed by atoms with Crippen molar-refractivity contribution in [3.8, 4) is 5.69 Å². The molecule has 0 bridgehead atoms. The average Bonchev–Trinajstić information content (AvgIpc) is 3.33. The lowest BCUT2D eigenvalue weighted by molar-refractivity contribution is -0.577. The standard InChI is InChI=1S/C29H25FN4O3/c1-3-8-23-24(28(36)34(31-23)22-14-12-21(30)13-15-22)25-26(32-16-7-9-19(2)17-32)29(37)33(27(25)35)18-20-10-5-4-6-11-20/h4-7,9-17H,3,8,18H2,1-2H3/p+1. The molecule has 2 aromatic carbocycles. The molecule has 186 valence electrons. The molecule has 5 rings (SSSR count). The van der Waals surface area contributed by atoms with Gasteiger partial charge in [-0.25, -0.2) is 9.07 Å². The van der Waals surface area contributed by atoms with E-state index >= 15 is 0 Å². The lowest BCUT2D eigenvalue weighted by atomic mass is 10.0. The smallest absolute Gasteiger partial charge is 0.294 e. The lowest BCUT2D eigenvalue weighted by Gasteiger charge is -2.13. The fourth-order valence-corrected chi connectivity index (χ4v) is 4.61. The van der Waals surface area contributed by atoms with Crippen molar-refractivity contribution in [3.05, 3.63) is 118 Å². The summed E-state index contributed by atoms with van der Waals surface area (Å²) in [5, 5.41) is 3.10. The number of carbonyl (C=O) groups excluding carboxylic acids is 2. The first-order chi connectivity index (χ1) is 17.9. The van der Waals surface area contributed by atoms with Crippen LogP contribution in [0.2, 0.25) is 0 Å². The van der Waals surface area contributed by atoms with Crippen molar-refractivity contribution in [1.82, 2.24) is 14.7 Å². The van der Waals surface area contributed by atoms with Gasteiger partial charge in [0.15, 0.2) is 12.4 Å². The first-order valence-corrected chi connectivity index (χ1v) is 12.1. The molecule has 1 N–H and O–H groups in total. The number of aromatic amines is 1. The molecular formula is C29H26FN4O3+. The SMILES string of the molecule is CCCc1[nH]n(-c2ccc(F)cc2)c(=O)c1C1=C([n+]2cccc(C)c2)C(=O)N(Cc2ccccc2)C1=O. The van der Waals surface area contributed by atoms with Gasteiger partial charge in [0, 0.05) is 17.3 Å². The predicted molar refractivity (Wildman–Crippen MR) is 137 cm³/mol. The quantitative estimate of drug-likeness (QED) is 0.312. The number of benzene rings is 2. The van der Waals surface area contributed by atoms with Gasteiger partial charge in [-0.1, -0.05) is 43.7 Å².